The quantitative estimate of drug-likeness (QED) is 0.466. The number of hydrogen-bond acceptors (Lipinski definition) is 5. The molecular weight excluding hydrogens is 465 g/mol. The molecule has 0 saturated heterocycles. The lowest BCUT2D eigenvalue weighted by Gasteiger charge is -2.16. The Morgan fingerprint density at radius 1 is 1.00 bits per heavy atom. The van der Waals surface area contributed by atoms with E-state index >= 15 is 0 Å². The normalized spacial score (nSPS) is 14.3. The van der Waals surface area contributed by atoms with Gasteiger partial charge in [-0.25, -0.2) is 17.2 Å². The maximum atomic E-state index is 13.0. The van der Waals surface area contributed by atoms with E-state index in [-0.39, 0.29) is 10.7 Å². The first-order chi connectivity index (χ1) is 15.8. The van der Waals surface area contributed by atoms with Gasteiger partial charge in [0.15, 0.2) is 0 Å². The number of methoxy groups -OCH3 is 1. The molecule has 0 aliphatic carbocycles. The fourth-order valence-electron chi connectivity index (χ4n) is 3.74. The summed E-state index contributed by atoms with van der Waals surface area (Å²) in [5.41, 5.74) is 4.24. The summed E-state index contributed by atoms with van der Waals surface area (Å²) in [6.45, 7) is 1.90. The van der Waals surface area contributed by atoms with E-state index in [0.29, 0.717) is 24.5 Å². The minimum atomic E-state index is -3.81. The molecule has 0 radical (unpaired) electrons. The van der Waals surface area contributed by atoms with Crippen molar-refractivity contribution < 1.29 is 17.5 Å². The van der Waals surface area contributed by atoms with E-state index in [1.54, 1.807) is 40.8 Å². The molecule has 0 bridgehead atoms. The number of nitrogens with zero attached hydrogens (tertiary/aromatic N) is 1. The van der Waals surface area contributed by atoms with Gasteiger partial charge in [-0.3, -0.25) is 4.72 Å². The number of hydrogen-bond donors (Lipinski definition) is 2. The first kappa shape index (κ1) is 23.4. The number of benzene rings is 3. The average molecular weight is 490 g/mol. The molecule has 3 aromatic rings. The number of nitrogens with one attached hydrogen (secondary N) is 2. The number of anilines is 2. The standard InChI is InChI=1S/C24H25ClFN3O3S/c1-32-24-15-19-11-13-29(25)12-10-18(19)14-23(24)28-33(30,31)22-8-2-17(3-9-22)16-27-21-6-4-20(26)5-7-21/h2-9,14-15,27-28H,10-13,16H2,1H3. The number of ether oxygens (including phenoxy) is 1. The van der Waals surface area contributed by atoms with Gasteiger partial charge in [0.1, 0.15) is 11.6 Å². The third kappa shape index (κ3) is 5.76. The molecule has 4 rings (SSSR count). The van der Waals surface area contributed by atoms with E-state index < -0.39 is 10.0 Å². The van der Waals surface area contributed by atoms with Gasteiger partial charge in [0.25, 0.3) is 10.0 Å². The van der Waals surface area contributed by atoms with Crippen LogP contribution in [0.4, 0.5) is 15.8 Å². The zero-order valence-corrected chi connectivity index (χ0v) is 19.7. The zero-order chi connectivity index (χ0) is 23.4. The second-order valence-corrected chi connectivity index (χ2v) is 10.0. The van der Waals surface area contributed by atoms with Crippen molar-refractivity contribution in [2.24, 2.45) is 0 Å². The van der Waals surface area contributed by atoms with E-state index in [2.05, 4.69) is 10.0 Å². The molecule has 0 saturated carbocycles. The van der Waals surface area contributed by atoms with E-state index in [1.807, 2.05) is 12.1 Å². The third-order valence-electron chi connectivity index (χ3n) is 5.59. The fraction of sp³-hybridized carbons (Fsp3) is 0.250. The molecule has 2 N–H and O–H groups in total. The van der Waals surface area contributed by atoms with E-state index in [9.17, 15) is 12.8 Å². The summed E-state index contributed by atoms with van der Waals surface area (Å²) >= 11 is 6.16. The van der Waals surface area contributed by atoms with Crippen molar-refractivity contribution in [2.75, 3.05) is 30.2 Å². The van der Waals surface area contributed by atoms with E-state index in [0.717, 1.165) is 41.8 Å². The Morgan fingerprint density at radius 3 is 2.27 bits per heavy atom. The van der Waals surface area contributed by atoms with Crippen LogP contribution < -0.4 is 14.8 Å². The number of halogens is 2. The Bertz CT molecular complexity index is 1220. The van der Waals surface area contributed by atoms with Gasteiger partial charge >= 0.3 is 0 Å². The molecule has 9 heteroatoms. The van der Waals surface area contributed by atoms with Gasteiger partial charge in [-0.15, -0.1) is 0 Å². The van der Waals surface area contributed by atoms with Gasteiger partial charge in [-0.05, 0) is 89.8 Å². The van der Waals surface area contributed by atoms with Gasteiger partial charge in [0.05, 0.1) is 17.7 Å². The summed E-state index contributed by atoms with van der Waals surface area (Å²) in [6, 6.07) is 16.4. The summed E-state index contributed by atoms with van der Waals surface area (Å²) in [4.78, 5) is 0.150. The Balaban J connectivity index is 1.48. The summed E-state index contributed by atoms with van der Waals surface area (Å²) in [5.74, 6) is 0.176. The van der Waals surface area contributed by atoms with Crippen LogP contribution in [0.5, 0.6) is 5.75 Å². The van der Waals surface area contributed by atoms with Crippen LogP contribution in [0, 0.1) is 5.82 Å². The summed E-state index contributed by atoms with van der Waals surface area (Å²) in [6.07, 6.45) is 1.50. The van der Waals surface area contributed by atoms with Crippen molar-refractivity contribution in [3.63, 3.8) is 0 Å². The van der Waals surface area contributed by atoms with Crippen LogP contribution >= 0.6 is 11.8 Å². The molecule has 3 aromatic carbocycles. The molecule has 0 unspecified atom stereocenters. The van der Waals surface area contributed by atoms with Gasteiger partial charge in [0.2, 0.25) is 0 Å². The minimum absolute atomic E-state index is 0.150. The van der Waals surface area contributed by atoms with Crippen molar-refractivity contribution in [1.29, 1.82) is 0 Å². The van der Waals surface area contributed by atoms with Crippen LogP contribution in [0.3, 0.4) is 0 Å². The fourth-order valence-corrected chi connectivity index (χ4v) is 4.97. The second-order valence-electron chi connectivity index (χ2n) is 7.84. The molecule has 0 amide bonds. The highest BCUT2D eigenvalue weighted by molar-refractivity contribution is 7.92. The maximum Gasteiger partial charge on any atom is 0.262 e. The lowest BCUT2D eigenvalue weighted by atomic mass is 10.0. The van der Waals surface area contributed by atoms with Crippen molar-refractivity contribution in [1.82, 2.24) is 4.42 Å². The van der Waals surface area contributed by atoms with Gasteiger partial charge in [-0.2, -0.15) is 0 Å². The third-order valence-corrected chi connectivity index (χ3v) is 7.31. The van der Waals surface area contributed by atoms with Crippen molar-refractivity contribution in [3.8, 4) is 5.75 Å². The van der Waals surface area contributed by atoms with Gasteiger partial charge < -0.3 is 10.1 Å². The predicted octanol–water partition coefficient (Wildman–Crippen LogP) is 4.80. The Morgan fingerprint density at radius 2 is 1.64 bits per heavy atom. The van der Waals surface area contributed by atoms with Gasteiger partial charge in [-0.1, -0.05) is 12.1 Å². The molecule has 1 aliphatic heterocycles. The number of fused-ring (bicyclic) bond motifs is 1. The lowest BCUT2D eigenvalue weighted by Crippen LogP contribution is -2.15. The number of sulfonamides is 1. The first-order valence-corrected chi connectivity index (χ1v) is 12.4. The van der Waals surface area contributed by atoms with Crippen LogP contribution in [0.2, 0.25) is 0 Å². The molecular formula is C24H25ClFN3O3S. The molecule has 0 fully saturated rings. The molecule has 33 heavy (non-hydrogen) atoms. The monoisotopic (exact) mass is 489 g/mol. The highest BCUT2D eigenvalue weighted by Gasteiger charge is 2.20. The molecule has 1 aliphatic rings. The largest absolute Gasteiger partial charge is 0.495 e. The van der Waals surface area contributed by atoms with Crippen molar-refractivity contribution in [3.05, 3.63) is 83.2 Å². The predicted molar refractivity (Wildman–Crippen MR) is 129 cm³/mol. The zero-order valence-electron chi connectivity index (χ0n) is 18.1. The summed E-state index contributed by atoms with van der Waals surface area (Å²) in [5, 5.41) is 3.18. The smallest absolute Gasteiger partial charge is 0.262 e. The topological polar surface area (TPSA) is 70.7 Å². The first-order valence-electron chi connectivity index (χ1n) is 10.6. The van der Waals surface area contributed by atoms with Crippen molar-refractivity contribution >= 4 is 33.2 Å². The molecule has 174 valence electrons. The summed E-state index contributed by atoms with van der Waals surface area (Å²) in [7, 11) is -2.29. The SMILES string of the molecule is COc1cc2c(cc1NS(=O)(=O)c1ccc(CNc3ccc(F)cc3)cc1)CCN(Cl)CC2. The average Bonchev–Trinajstić information content (AvgIpc) is 2.99. The Labute approximate surface area is 198 Å². The van der Waals surface area contributed by atoms with Crippen LogP contribution in [-0.2, 0) is 29.4 Å². The van der Waals surface area contributed by atoms with Crippen LogP contribution in [0.15, 0.2) is 65.6 Å². The highest BCUT2D eigenvalue weighted by atomic mass is 35.5. The molecule has 1 heterocycles. The highest BCUT2D eigenvalue weighted by Crippen LogP contribution is 2.32. The van der Waals surface area contributed by atoms with E-state index in [4.69, 9.17) is 16.5 Å². The van der Waals surface area contributed by atoms with E-state index in [1.165, 1.54) is 19.2 Å². The lowest BCUT2D eigenvalue weighted by molar-refractivity contribution is 0.416. The molecule has 0 spiro atoms. The minimum Gasteiger partial charge on any atom is -0.495 e. The van der Waals surface area contributed by atoms with Gasteiger partial charge in [0, 0.05) is 25.3 Å². The van der Waals surface area contributed by atoms with Crippen molar-refractivity contribution in [2.45, 2.75) is 24.3 Å². The van der Waals surface area contributed by atoms with Crippen LogP contribution in [0.1, 0.15) is 16.7 Å². The second kappa shape index (κ2) is 9.99. The molecule has 6 nitrogen and oxygen atoms in total. The Kier molecular flexibility index (Phi) is 7.07. The number of rotatable bonds is 7. The summed E-state index contributed by atoms with van der Waals surface area (Å²) < 4.78 is 49.0. The van der Waals surface area contributed by atoms with Crippen LogP contribution in [0.25, 0.3) is 0 Å². The van der Waals surface area contributed by atoms with Crippen LogP contribution in [-0.4, -0.2) is 33.0 Å². The molecule has 0 atom stereocenters. The Hall–Kier alpha value is -2.81. The maximum absolute atomic E-state index is 13.0. The molecule has 0 aromatic heterocycles.